The molecule has 0 aliphatic carbocycles. The Labute approximate surface area is 110 Å². The summed E-state index contributed by atoms with van der Waals surface area (Å²) in [4.78, 5) is 11.4. The molecule has 0 aromatic heterocycles. The van der Waals surface area contributed by atoms with Crippen molar-refractivity contribution in [3.8, 4) is 0 Å². The SMILES string of the molecule is NNC(=O)c1ccc(F)c(COC2CCOCC2)c1. The Kier molecular flexibility index (Phi) is 4.84. The normalized spacial score (nSPS) is 16.3. The molecular weight excluding hydrogens is 251 g/mol. The van der Waals surface area contributed by atoms with Crippen LogP contribution in [0.2, 0.25) is 0 Å². The van der Waals surface area contributed by atoms with E-state index in [4.69, 9.17) is 15.3 Å². The lowest BCUT2D eigenvalue weighted by Crippen LogP contribution is -2.30. The van der Waals surface area contributed by atoms with Crippen molar-refractivity contribution in [1.29, 1.82) is 0 Å². The molecule has 104 valence electrons. The van der Waals surface area contributed by atoms with Crippen LogP contribution in [0.5, 0.6) is 0 Å². The number of ether oxygens (including phenoxy) is 2. The molecule has 0 bridgehead atoms. The second-order valence-corrected chi connectivity index (χ2v) is 4.40. The van der Waals surface area contributed by atoms with E-state index in [1.807, 2.05) is 5.43 Å². The van der Waals surface area contributed by atoms with Crippen LogP contribution in [0.15, 0.2) is 18.2 Å². The minimum atomic E-state index is -0.452. The van der Waals surface area contributed by atoms with Crippen molar-refractivity contribution < 1.29 is 18.7 Å². The molecule has 0 unspecified atom stereocenters. The Morgan fingerprint density at radius 3 is 2.89 bits per heavy atom. The molecule has 0 radical (unpaired) electrons. The molecular formula is C13H17FN2O3. The van der Waals surface area contributed by atoms with Gasteiger partial charge in [0.25, 0.3) is 5.91 Å². The highest BCUT2D eigenvalue weighted by molar-refractivity contribution is 5.93. The first-order chi connectivity index (χ1) is 9.20. The van der Waals surface area contributed by atoms with Gasteiger partial charge in [-0.25, -0.2) is 10.2 Å². The molecule has 0 atom stereocenters. The summed E-state index contributed by atoms with van der Waals surface area (Å²) >= 11 is 0. The van der Waals surface area contributed by atoms with Crippen LogP contribution in [0, 0.1) is 5.82 Å². The summed E-state index contributed by atoms with van der Waals surface area (Å²) in [6.07, 6.45) is 1.70. The van der Waals surface area contributed by atoms with E-state index >= 15 is 0 Å². The zero-order chi connectivity index (χ0) is 13.7. The number of benzene rings is 1. The maximum atomic E-state index is 13.6. The average molecular weight is 268 g/mol. The number of hydrazine groups is 1. The van der Waals surface area contributed by atoms with Gasteiger partial charge in [-0.2, -0.15) is 0 Å². The summed E-state index contributed by atoms with van der Waals surface area (Å²) in [6, 6.07) is 4.08. The van der Waals surface area contributed by atoms with Crippen molar-refractivity contribution in [1.82, 2.24) is 5.43 Å². The largest absolute Gasteiger partial charge is 0.381 e. The van der Waals surface area contributed by atoms with Crippen LogP contribution in [0.1, 0.15) is 28.8 Å². The smallest absolute Gasteiger partial charge is 0.265 e. The molecule has 0 spiro atoms. The number of rotatable bonds is 4. The third-order valence-corrected chi connectivity index (χ3v) is 3.08. The lowest BCUT2D eigenvalue weighted by molar-refractivity contribution is -0.0397. The summed E-state index contributed by atoms with van der Waals surface area (Å²) in [5.41, 5.74) is 2.68. The molecule has 1 aromatic carbocycles. The Morgan fingerprint density at radius 1 is 1.47 bits per heavy atom. The fraction of sp³-hybridized carbons (Fsp3) is 0.462. The molecule has 5 nitrogen and oxygen atoms in total. The van der Waals surface area contributed by atoms with E-state index in [0.717, 1.165) is 12.8 Å². The number of nitrogen functional groups attached to an aromatic ring is 1. The fourth-order valence-corrected chi connectivity index (χ4v) is 1.96. The lowest BCUT2D eigenvalue weighted by Gasteiger charge is -2.22. The van der Waals surface area contributed by atoms with E-state index in [-0.39, 0.29) is 18.5 Å². The van der Waals surface area contributed by atoms with Crippen molar-refractivity contribution in [2.24, 2.45) is 5.84 Å². The Hall–Kier alpha value is -1.50. The quantitative estimate of drug-likeness (QED) is 0.487. The monoisotopic (exact) mass is 268 g/mol. The van der Waals surface area contributed by atoms with Gasteiger partial charge in [0, 0.05) is 24.3 Å². The molecule has 1 fully saturated rings. The molecule has 1 amide bonds. The molecule has 1 aliphatic rings. The first kappa shape index (κ1) is 13.9. The average Bonchev–Trinajstić information content (AvgIpc) is 2.46. The highest BCUT2D eigenvalue weighted by atomic mass is 19.1. The van der Waals surface area contributed by atoms with Crippen LogP contribution in [-0.2, 0) is 16.1 Å². The summed E-state index contributed by atoms with van der Waals surface area (Å²) in [6.45, 7) is 1.48. The summed E-state index contributed by atoms with van der Waals surface area (Å²) in [5.74, 6) is 4.20. The van der Waals surface area contributed by atoms with Gasteiger partial charge in [0.05, 0.1) is 12.7 Å². The maximum absolute atomic E-state index is 13.6. The molecule has 1 saturated heterocycles. The van der Waals surface area contributed by atoms with Gasteiger partial charge < -0.3 is 9.47 Å². The number of nitrogens with one attached hydrogen (secondary N) is 1. The van der Waals surface area contributed by atoms with Crippen LogP contribution >= 0.6 is 0 Å². The Morgan fingerprint density at radius 2 is 2.21 bits per heavy atom. The topological polar surface area (TPSA) is 73.6 Å². The molecule has 1 aliphatic heterocycles. The van der Waals surface area contributed by atoms with Crippen molar-refractivity contribution in [3.05, 3.63) is 35.1 Å². The third kappa shape index (κ3) is 3.73. The van der Waals surface area contributed by atoms with Gasteiger partial charge in [0.1, 0.15) is 5.82 Å². The van der Waals surface area contributed by atoms with Crippen molar-refractivity contribution in [3.63, 3.8) is 0 Å². The zero-order valence-corrected chi connectivity index (χ0v) is 10.5. The molecule has 6 heteroatoms. The number of hydrogen-bond donors (Lipinski definition) is 2. The highest BCUT2D eigenvalue weighted by Crippen LogP contribution is 2.16. The van der Waals surface area contributed by atoms with E-state index in [9.17, 15) is 9.18 Å². The lowest BCUT2D eigenvalue weighted by atomic mass is 10.1. The van der Waals surface area contributed by atoms with E-state index in [0.29, 0.717) is 24.3 Å². The predicted molar refractivity (Wildman–Crippen MR) is 66.7 cm³/mol. The van der Waals surface area contributed by atoms with Gasteiger partial charge in [-0.15, -0.1) is 0 Å². The fourth-order valence-electron chi connectivity index (χ4n) is 1.96. The molecule has 0 saturated carbocycles. The summed E-state index contributed by atoms with van der Waals surface area (Å²) in [5, 5.41) is 0. The molecule has 3 N–H and O–H groups in total. The second kappa shape index (κ2) is 6.60. The van der Waals surface area contributed by atoms with Crippen molar-refractivity contribution >= 4 is 5.91 Å². The van der Waals surface area contributed by atoms with Crippen LogP contribution in [0.3, 0.4) is 0 Å². The maximum Gasteiger partial charge on any atom is 0.265 e. The van der Waals surface area contributed by atoms with Gasteiger partial charge in [0.15, 0.2) is 0 Å². The molecule has 1 aromatic rings. The Bertz CT molecular complexity index is 448. The molecule has 19 heavy (non-hydrogen) atoms. The molecule has 1 heterocycles. The van der Waals surface area contributed by atoms with Crippen LogP contribution in [-0.4, -0.2) is 25.2 Å². The van der Waals surface area contributed by atoms with E-state index < -0.39 is 5.91 Å². The van der Waals surface area contributed by atoms with Gasteiger partial charge in [-0.3, -0.25) is 10.2 Å². The van der Waals surface area contributed by atoms with Crippen LogP contribution < -0.4 is 11.3 Å². The van der Waals surface area contributed by atoms with Gasteiger partial charge in [0.2, 0.25) is 0 Å². The first-order valence-corrected chi connectivity index (χ1v) is 6.19. The van der Waals surface area contributed by atoms with E-state index in [1.165, 1.54) is 18.2 Å². The predicted octanol–water partition coefficient (Wildman–Crippen LogP) is 1.12. The number of carbonyl (C=O) groups excluding carboxylic acids is 1. The summed E-state index contributed by atoms with van der Waals surface area (Å²) in [7, 11) is 0. The Balaban J connectivity index is 2.00. The zero-order valence-electron chi connectivity index (χ0n) is 10.5. The van der Waals surface area contributed by atoms with Crippen LogP contribution in [0.4, 0.5) is 4.39 Å². The van der Waals surface area contributed by atoms with Gasteiger partial charge in [-0.05, 0) is 31.0 Å². The minimum Gasteiger partial charge on any atom is -0.381 e. The standard InChI is InChI=1S/C13H17FN2O3/c14-12-2-1-9(13(17)16-15)7-10(12)8-19-11-3-5-18-6-4-11/h1-2,7,11H,3-6,8,15H2,(H,16,17). The third-order valence-electron chi connectivity index (χ3n) is 3.08. The van der Waals surface area contributed by atoms with Crippen molar-refractivity contribution in [2.75, 3.05) is 13.2 Å². The van der Waals surface area contributed by atoms with Crippen LogP contribution in [0.25, 0.3) is 0 Å². The number of nitrogens with two attached hydrogens (primary N) is 1. The number of amides is 1. The molecule has 2 rings (SSSR count). The second-order valence-electron chi connectivity index (χ2n) is 4.40. The number of hydrogen-bond acceptors (Lipinski definition) is 4. The number of carbonyl (C=O) groups is 1. The van der Waals surface area contributed by atoms with Crippen molar-refractivity contribution in [2.45, 2.75) is 25.6 Å². The highest BCUT2D eigenvalue weighted by Gasteiger charge is 2.15. The van der Waals surface area contributed by atoms with Gasteiger partial charge in [-0.1, -0.05) is 0 Å². The summed E-state index contributed by atoms with van der Waals surface area (Å²) < 4.78 is 24.5. The van der Waals surface area contributed by atoms with E-state index in [1.54, 1.807) is 0 Å². The van der Waals surface area contributed by atoms with E-state index in [2.05, 4.69) is 0 Å². The number of halogens is 1. The first-order valence-electron chi connectivity index (χ1n) is 6.19. The van der Waals surface area contributed by atoms with Gasteiger partial charge >= 0.3 is 0 Å². The minimum absolute atomic E-state index is 0.0835.